The van der Waals surface area contributed by atoms with Crippen molar-refractivity contribution in [2.24, 2.45) is 0 Å². The zero-order chi connectivity index (χ0) is 15.0. The summed E-state index contributed by atoms with van der Waals surface area (Å²) in [6.45, 7) is 1.92. The van der Waals surface area contributed by atoms with Gasteiger partial charge in [0, 0.05) is 11.6 Å². The van der Waals surface area contributed by atoms with Crippen LogP contribution < -0.4 is 5.73 Å². The van der Waals surface area contributed by atoms with Gasteiger partial charge in [-0.05, 0) is 43.3 Å². The highest BCUT2D eigenvalue weighted by Gasteiger charge is 2.21. The van der Waals surface area contributed by atoms with E-state index in [4.69, 9.17) is 5.73 Å². The number of benzene rings is 2. The van der Waals surface area contributed by atoms with Crippen molar-refractivity contribution in [1.29, 1.82) is 0 Å². The van der Waals surface area contributed by atoms with Crippen LogP contribution in [0.3, 0.4) is 0 Å². The molecule has 0 aliphatic rings. The Morgan fingerprint density at radius 1 is 1.00 bits per heavy atom. The molecule has 0 atom stereocenters. The Bertz CT molecular complexity index is 917. The maximum absolute atomic E-state index is 12.8. The fourth-order valence-electron chi connectivity index (χ4n) is 2.25. The predicted octanol–water partition coefficient (Wildman–Crippen LogP) is 2.96. The number of nitrogen functional groups attached to an aromatic ring is 1. The summed E-state index contributed by atoms with van der Waals surface area (Å²) >= 11 is 0. The van der Waals surface area contributed by atoms with Gasteiger partial charge in [-0.3, -0.25) is 4.98 Å². The Labute approximate surface area is 123 Å². The molecule has 0 amide bonds. The van der Waals surface area contributed by atoms with E-state index < -0.39 is 9.84 Å². The Hall–Kier alpha value is -2.40. The molecule has 0 radical (unpaired) electrons. The topological polar surface area (TPSA) is 73.0 Å². The molecule has 0 saturated heterocycles. The molecule has 2 N–H and O–H groups in total. The van der Waals surface area contributed by atoms with Gasteiger partial charge in [-0.2, -0.15) is 0 Å². The van der Waals surface area contributed by atoms with Gasteiger partial charge in [0.25, 0.3) is 0 Å². The SMILES string of the molecule is Cc1ccc(S(=O)(=O)c2ccc(N)c3ncccc23)cc1. The third kappa shape index (κ3) is 2.25. The first-order valence-corrected chi connectivity index (χ1v) is 7.93. The molecule has 2 aromatic carbocycles. The largest absolute Gasteiger partial charge is 0.397 e. The van der Waals surface area contributed by atoms with Crippen molar-refractivity contribution in [2.75, 3.05) is 5.73 Å². The first-order valence-electron chi connectivity index (χ1n) is 6.45. The maximum Gasteiger partial charge on any atom is 0.207 e. The molecule has 0 spiro atoms. The number of nitrogens with zero attached hydrogens (tertiary/aromatic N) is 1. The van der Waals surface area contributed by atoms with Crippen LogP contribution in [0.4, 0.5) is 5.69 Å². The summed E-state index contributed by atoms with van der Waals surface area (Å²) in [5.74, 6) is 0. The van der Waals surface area contributed by atoms with Crippen molar-refractivity contribution in [1.82, 2.24) is 4.98 Å². The van der Waals surface area contributed by atoms with E-state index in [1.807, 2.05) is 6.92 Å². The summed E-state index contributed by atoms with van der Waals surface area (Å²) in [6.07, 6.45) is 1.60. The number of hydrogen-bond donors (Lipinski definition) is 1. The summed E-state index contributed by atoms with van der Waals surface area (Å²) < 4.78 is 25.6. The number of aryl methyl sites for hydroxylation is 1. The van der Waals surface area contributed by atoms with E-state index in [2.05, 4.69) is 4.98 Å². The highest BCUT2D eigenvalue weighted by molar-refractivity contribution is 7.91. The smallest absolute Gasteiger partial charge is 0.207 e. The van der Waals surface area contributed by atoms with E-state index in [1.54, 1.807) is 48.7 Å². The summed E-state index contributed by atoms with van der Waals surface area (Å²) in [7, 11) is -3.59. The minimum Gasteiger partial charge on any atom is -0.397 e. The Kier molecular flexibility index (Phi) is 3.14. The molecular formula is C16H14N2O2S. The fraction of sp³-hybridized carbons (Fsp3) is 0.0625. The quantitative estimate of drug-likeness (QED) is 0.738. The van der Waals surface area contributed by atoms with Crippen LogP contribution in [-0.4, -0.2) is 13.4 Å². The number of rotatable bonds is 2. The highest BCUT2D eigenvalue weighted by atomic mass is 32.2. The van der Waals surface area contributed by atoms with Crippen LogP contribution in [0.15, 0.2) is 64.5 Å². The average molecular weight is 298 g/mol. The molecule has 0 aliphatic heterocycles. The Morgan fingerprint density at radius 3 is 2.43 bits per heavy atom. The monoisotopic (exact) mass is 298 g/mol. The number of nitrogens with two attached hydrogens (primary N) is 1. The zero-order valence-electron chi connectivity index (χ0n) is 11.4. The van der Waals surface area contributed by atoms with Crippen molar-refractivity contribution in [3.63, 3.8) is 0 Å². The normalized spacial score (nSPS) is 11.7. The second-order valence-corrected chi connectivity index (χ2v) is 6.79. The first-order chi connectivity index (χ1) is 10.00. The molecule has 0 aliphatic carbocycles. The third-order valence-electron chi connectivity index (χ3n) is 3.38. The number of pyridine rings is 1. The average Bonchev–Trinajstić information content (AvgIpc) is 2.48. The molecule has 5 heteroatoms. The lowest BCUT2D eigenvalue weighted by Crippen LogP contribution is -2.04. The summed E-state index contributed by atoms with van der Waals surface area (Å²) in [6, 6.07) is 13.3. The van der Waals surface area contributed by atoms with E-state index >= 15 is 0 Å². The van der Waals surface area contributed by atoms with Crippen molar-refractivity contribution < 1.29 is 8.42 Å². The maximum atomic E-state index is 12.8. The van der Waals surface area contributed by atoms with E-state index in [0.717, 1.165) is 5.56 Å². The van der Waals surface area contributed by atoms with E-state index in [1.165, 1.54) is 6.07 Å². The van der Waals surface area contributed by atoms with Crippen LogP contribution in [0, 0.1) is 6.92 Å². The van der Waals surface area contributed by atoms with Crippen LogP contribution >= 0.6 is 0 Å². The lowest BCUT2D eigenvalue weighted by atomic mass is 10.2. The molecule has 1 aromatic heterocycles. The molecule has 3 rings (SSSR count). The summed E-state index contributed by atoms with van der Waals surface area (Å²) in [5.41, 5.74) is 7.85. The fourth-order valence-corrected chi connectivity index (χ4v) is 3.70. The van der Waals surface area contributed by atoms with Gasteiger partial charge in [-0.1, -0.05) is 17.7 Å². The molecule has 4 nitrogen and oxygen atoms in total. The molecule has 3 aromatic rings. The first kappa shape index (κ1) is 13.6. The molecule has 1 heterocycles. The van der Waals surface area contributed by atoms with Crippen LogP contribution in [-0.2, 0) is 9.84 Å². The second kappa shape index (κ2) is 4.86. The Morgan fingerprint density at radius 2 is 1.71 bits per heavy atom. The lowest BCUT2D eigenvalue weighted by molar-refractivity contribution is 0.597. The molecule has 21 heavy (non-hydrogen) atoms. The molecular weight excluding hydrogens is 284 g/mol. The zero-order valence-corrected chi connectivity index (χ0v) is 12.3. The highest BCUT2D eigenvalue weighted by Crippen LogP contribution is 2.30. The molecule has 0 bridgehead atoms. The van der Waals surface area contributed by atoms with Crippen molar-refractivity contribution in [3.05, 3.63) is 60.3 Å². The van der Waals surface area contributed by atoms with Gasteiger partial charge in [-0.15, -0.1) is 0 Å². The number of hydrogen-bond acceptors (Lipinski definition) is 4. The molecule has 0 fully saturated rings. The molecule has 0 unspecified atom stereocenters. The standard InChI is InChI=1S/C16H14N2O2S/c1-11-4-6-12(7-5-11)21(19,20)15-9-8-14(17)16-13(15)3-2-10-18-16/h2-10H,17H2,1H3. The molecule has 0 saturated carbocycles. The lowest BCUT2D eigenvalue weighted by Gasteiger charge is -2.09. The summed E-state index contributed by atoms with van der Waals surface area (Å²) in [4.78, 5) is 4.67. The van der Waals surface area contributed by atoms with Gasteiger partial charge < -0.3 is 5.73 Å². The van der Waals surface area contributed by atoms with Crippen molar-refractivity contribution in [3.8, 4) is 0 Å². The van der Waals surface area contributed by atoms with Gasteiger partial charge >= 0.3 is 0 Å². The second-order valence-electron chi connectivity index (χ2n) is 4.87. The number of fused-ring (bicyclic) bond motifs is 1. The van der Waals surface area contributed by atoms with Gasteiger partial charge in [-0.25, -0.2) is 8.42 Å². The van der Waals surface area contributed by atoms with Crippen molar-refractivity contribution in [2.45, 2.75) is 16.7 Å². The minimum absolute atomic E-state index is 0.226. The van der Waals surface area contributed by atoms with Crippen LogP contribution in [0.5, 0.6) is 0 Å². The van der Waals surface area contributed by atoms with Gasteiger partial charge in [0.2, 0.25) is 9.84 Å². The van der Waals surface area contributed by atoms with Gasteiger partial charge in [0.15, 0.2) is 0 Å². The molecule has 106 valence electrons. The van der Waals surface area contributed by atoms with Crippen LogP contribution in [0.25, 0.3) is 10.9 Å². The van der Waals surface area contributed by atoms with E-state index in [9.17, 15) is 8.42 Å². The van der Waals surface area contributed by atoms with Crippen LogP contribution in [0.1, 0.15) is 5.56 Å². The number of sulfone groups is 1. The Balaban J connectivity index is 2.29. The van der Waals surface area contributed by atoms with Gasteiger partial charge in [0.05, 0.1) is 21.0 Å². The van der Waals surface area contributed by atoms with Gasteiger partial charge in [0.1, 0.15) is 0 Å². The minimum atomic E-state index is -3.59. The third-order valence-corrected chi connectivity index (χ3v) is 5.21. The van der Waals surface area contributed by atoms with Crippen molar-refractivity contribution >= 4 is 26.4 Å². The van der Waals surface area contributed by atoms with E-state index in [-0.39, 0.29) is 9.79 Å². The number of anilines is 1. The summed E-state index contributed by atoms with van der Waals surface area (Å²) in [5, 5.41) is 0.540. The van der Waals surface area contributed by atoms with Crippen LogP contribution in [0.2, 0.25) is 0 Å². The predicted molar refractivity (Wildman–Crippen MR) is 82.8 cm³/mol. The van der Waals surface area contributed by atoms with E-state index in [0.29, 0.717) is 16.6 Å². The number of aromatic nitrogens is 1.